The molecule has 4 N–H and O–H groups in total. The van der Waals surface area contributed by atoms with Crippen LogP contribution in [0.1, 0.15) is 32.1 Å². The van der Waals surface area contributed by atoms with Gasteiger partial charge >= 0.3 is 0 Å². The molecule has 2 saturated carbocycles. The molecule has 5 heteroatoms. The minimum atomic E-state index is -0.0368. The Bertz CT molecular complexity index is 295. The molecule has 2 aliphatic rings. The molecule has 0 unspecified atom stereocenters. The second-order valence-electron chi connectivity index (χ2n) is 5.13. The van der Waals surface area contributed by atoms with E-state index in [1.54, 1.807) is 0 Å². The van der Waals surface area contributed by atoms with Crippen LogP contribution in [0.25, 0.3) is 0 Å². The highest BCUT2D eigenvalue weighted by Gasteiger charge is 2.21. The van der Waals surface area contributed by atoms with Gasteiger partial charge in [-0.05, 0) is 37.5 Å². The van der Waals surface area contributed by atoms with Crippen molar-refractivity contribution in [3.63, 3.8) is 0 Å². The summed E-state index contributed by atoms with van der Waals surface area (Å²) in [5.41, 5.74) is 5.68. The average molecular weight is 238 g/mol. The van der Waals surface area contributed by atoms with Gasteiger partial charge in [-0.15, -0.1) is 0 Å². The van der Waals surface area contributed by atoms with Crippen molar-refractivity contribution in [1.29, 1.82) is 0 Å². The smallest absolute Gasteiger partial charge is 0.241 e. The normalized spacial score (nSPS) is 20.8. The van der Waals surface area contributed by atoms with E-state index in [9.17, 15) is 4.79 Å². The predicted octanol–water partition coefficient (Wildman–Crippen LogP) is 0.217. The Balaban J connectivity index is 1.54. The molecule has 2 rings (SSSR count). The third-order valence-electron chi connectivity index (χ3n) is 3.47. The van der Waals surface area contributed by atoms with Crippen molar-refractivity contribution in [3.05, 3.63) is 0 Å². The Morgan fingerprint density at radius 1 is 1.12 bits per heavy atom. The number of aliphatic imine (C=N–C) groups is 1. The molecule has 0 bridgehead atoms. The van der Waals surface area contributed by atoms with E-state index in [4.69, 9.17) is 5.73 Å². The molecule has 0 aromatic heterocycles. The van der Waals surface area contributed by atoms with E-state index >= 15 is 0 Å². The predicted molar refractivity (Wildman–Crippen MR) is 67.6 cm³/mol. The number of amides is 1. The SMILES string of the molecule is NC(=NCC(=O)NCC1CC1)NCC1CCC1. The van der Waals surface area contributed by atoms with Gasteiger partial charge in [-0.3, -0.25) is 4.79 Å². The van der Waals surface area contributed by atoms with Crippen LogP contribution < -0.4 is 16.4 Å². The molecule has 2 aliphatic carbocycles. The van der Waals surface area contributed by atoms with Crippen LogP contribution in [0.5, 0.6) is 0 Å². The molecule has 0 aliphatic heterocycles. The van der Waals surface area contributed by atoms with Crippen LogP contribution in [0.3, 0.4) is 0 Å². The van der Waals surface area contributed by atoms with Crippen LogP contribution in [0, 0.1) is 11.8 Å². The second-order valence-corrected chi connectivity index (χ2v) is 5.13. The summed E-state index contributed by atoms with van der Waals surface area (Å²) < 4.78 is 0. The summed E-state index contributed by atoms with van der Waals surface area (Å²) in [6.45, 7) is 1.82. The molecule has 0 atom stereocenters. The van der Waals surface area contributed by atoms with E-state index in [0.717, 1.165) is 19.0 Å². The molecule has 17 heavy (non-hydrogen) atoms. The first-order chi connectivity index (χ1) is 8.24. The molecule has 5 nitrogen and oxygen atoms in total. The van der Waals surface area contributed by atoms with Gasteiger partial charge in [0, 0.05) is 13.1 Å². The summed E-state index contributed by atoms with van der Waals surface area (Å²) in [4.78, 5) is 15.4. The van der Waals surface area contributed by atoms with Crippen molar-refractivity contribution in [2.24, 2.45) is 22.6 Å². The lowest BCUT2D eigenvalue weighted by atomic mass is 9.85. The molecular weight excluding hydrogens is 216 g/mol. The molecule has 0 spiro atoms. The van der Waals surface area contributed by atoms with E-state index < -0.39 is 0 Å². The minimum Gasteiger partial charge on any atom is -0.370 e. The summed E-state index contributed by atoms with van der Waals surface area (Å²) in [6.07, 6.45) is 6.38. The topological polar surface area (TPSA) is 79.5 Å². The third-order valence-corrected chi connectivity index (χ3v) is 3.47. The first-order valence-corrected chi connectivity index (χ1v) is 6.54. The van der Waals surface area contributed by atoms with Crippen LogP contribution in [-0.4, -0.2) is 31.5 Å². The highest BCUT2D eigenvalue weighted by molar-refractivity contribution is 5.83. The number of hydrogen-bond donors (Lipinski definition) is 3. The van der Waals surface area contributed by atoms with Gasteiger partial charge < -0.3 is 16.4 Å². The lowest BCUT2D eigenvalue weighted by Gasteiger charge is -2.25. The van der Waals surface area contributed by atoms with Crippen LogP contribution in [-0.2, 0) is 4.79 Å². The zero-order valence-corrected chi connectivity index (χ0v) is 10.2. The van der Waals surface area contributed by atoms with E-state index in [1.165, 1.54) is 32.1 Å². The Kier molecular flexibility index (Phi) is 4.23. The number of carbonyl (C=O) groups is 1. The molecule has 0 aromatic rings. The van der Waals surface area contributed by atoms with Crippen molar-refractivity contribution in [3.8, 4) is 0 Å². The maximum atomic E-state index is 11.4. The Labute approximate surface area is 102 Å². The zero-order chi connectivity index (χ0) is 12.1. The molecule has 0 saturated heterocycles. The van der Waals surface area contributed by atoms with Gasteiger partial charge in [0.1, 0.15) is 6.54 Å². The van der Waals surface area contributed by atoms with Crippen molar-refractivity contribution < 1.29 is 4.79 Å². The number of nitrogens with one attached hydrogen (secondary N) is 2. The lowest BCUT2D eigenvalue weighted by molar-refractivity contribution is -0.119. The Hall–Kier alpha value is -1.26. The maximum Gasteiger partial charge on any atom is 0.241 e. The zero-order valence-electron chi connectivity index (χ0n) is 10.2. The van der Waals surface area contributed by atoms with Crippen LogP contribution >= 0.6 is 0 Å². The van der Waals surface area contributed by atoms with Gasteiger partial charge in [0.05, 0.1) is 0 Å². The molecule has 2 fully saturated rings. The van der Waals surface area contributed by atoms with Gasteiger partial charge in [-0.1, -0.05) is 6.42 Å². The summed E-state index contributed by atoms with van der Waals surface area (Å²) in [6, 6.07) is 0. The maximum absolute atomic E-state index is 11.4. The van der Waals surface area contributed by atoms with Gasteiger partial charge in [-0.25, -0.2) is 4.99 Å². The molecule has 1 amide bonds. The standard InChI is InChI=1S/C12H22N4O/c13-12(15-7-9-2-1-3-9)16-8-11(17)14-6-10-4-5-10/h9-10H,1-8H2,(H,14,17)(H3,13,15,16). The minimum absolute atomic E-state index is 0.0368. The van der Waals surface area contributed by atoms with E-state index in [-0.39, 0.29) is 12.5 Å². The molecular formula is C12H22N4O. The molecule has 0 heterocycles. The van der Waals surface area contributed by atoms with Crippen molar-refractivity contribution in [2.75, 3.05) is 19.6 Å². The highest BCUT2D eigenvalue weighted by Crippen LogP contribution is 2.27. The van der Waals surface area contributed by atoms with Crippen molar-refractivity contribution >= 4 is 11.9 Å². The second kappa shape index (κ2) is 5.89. The fourth-order valence-corrected chi connectivity index (χ4v) is 1.79. The number of nitrogens with zero attached hydrogens (tertiary/aromatic N) is 1. The van der Waals surface area contributed by atoms with Gasteiger partial charge in [0.15, 0.2) is 5.96 Å². The van der Waals surface area contributed by atoms with Crippen molar-refractivity contribution in [1.82, 2.24) is 10.6 Å². The van der Waals surface area contributed by atoms with Gasteiger partial charge in [0.25, 0.3) is 0 Å². The fourth-order valence-electron chi connectivity index (χ4n) is 1.79. The quantitative estimate of drug-likeness (QED) is 0.457. The largest absolute Gasteiger partial charge is 0.370 e. The molecule has 0 aromatic carbocycles. The fraction of sp³-hybridized carbons (Fsp3) is 0.833. The summed E-state index contributed by atoms with van der Waals surface area (Å²) in [7, 11) is 0. The number of hydrogen-bond acceptors (Lipinski definition) is 2. The first kappa shape index (κ1) is 12.2. The highest BCUT2D eigenvalue weighted by atomic mass is 16.1. The summed E-state index contributed by atoms with van der Waals surface area (Å²) >= 11 is 0. The Morgan fingerprint density at radius 3 is 2.35 bits per heavy atom. The first-order valence-electron chi connectivity index (χ1n) is 6.54. The number of nitrogens with two attached hydrogens (primary N) is 1. The number of rotatable bonds is 6. The van der Waals surface area contributed by atoms with Crippen LogP contribution in [0.2, 0.25) is 0 Å². The van der Waals surface area contributed by atoms with Crippen molar-refractivity contribution in [2.45, 2.75) is 32.1 Å². The summed E-state index contributed by atoms with van der Waals surface area (Å²) in [5, 5.41) is 5.92. The van der Waals surface area contributed by atoms with Gasteiger partial charge in [0.2, 0.25) is 5.91 Å². The number of guanidine groups is 1. The average Bonchev–Trinajstić information content (AvgIpc) is 3.05. The van der Waals surface area contributed by atoms with Crippen LogP contribution in [0.4, 0.5) is 0 Å². The third kappa shape index (κ3) is 4.63. The van der Waals surface area contributed by atoms with Gasteiger partial charge in [-0.2, -0.15) is 0 Å². The summed E-state index contributed by atoms with van der Waals surface area (Å²) in [5.74, 6) is 1.80. The Morgan fingerprint density at radius 2 is 1.76 bits per heavy atom. The monoisotopic (exact) mass is 238 g/mol. The van der Waals surface area contributed by atoms with E-state index in [2.05, 4.69) is 15.6 Å². The van der Waals surface area contributed by atoms with E-state index in [0.29, 0.717) is 11.9 Å². The molecule has 96 valence electrons. The lowest BCUT2D eigenvalue weighted by Crippen LogP contribution is -2.38. The van der Waals surface area contributed by atoms with E-state index in [1.807, 2.05) is 0 Å². The number of carbonyl (C=O) groups excluding carboxylic acids is 1. The molecule has 0 radical (unpaired) electrons. The van der Waals surface area contributed by atoms with Crippen LogP contribution in [0.15, 0.2) is 4.99 Å².